The van der Waals surface area contributed by atoms with Gasteiger partial charge in [0, 0.05) is 12.8 Å². The van der Waals surface area contributed by atoms with Gasteiger partial charge < -0.3 is 14.8 Å². The smallest absolute Gasteiger partial charge is 0.439 e. The summed E-state index contributed by atoms with van der Waals surface area (Å²) >= 11 is 0. The number of benzene rings is 2. The van der Waals surface area contributed by atoms with Gasteiger partial charge in [0.2, 0.25) is 5.82 Å². The predicted octanol–water partition coefficient (Wildman–Crippen LogP) is 3.68. The molecule has 1 aromatic heterocycles. The number of nitrogens with one attached hydrogen (secondary N) is 2. The zero-order valence-corrected chi connectivity index (χ0v) is 18.5. The van der Waals surface area contributed by atoms with E-state index in [0.29, 0.717) is 5.69 Å². The zero-order chi connectivity index (χ0) is 22.7. The lowest BCUT2D eigenvalue weighted by Crippen LogP contribution is -2.15. The fourth-order valence-corrected chi connectivity index (χ4v) is 4.39. The van der Waals surface area contributed by atoms with Crippen molar-refractivity contribution in [2.24, 2.45) is 0 Å². The molecule has 0 saturated heterocycles. The summed E-state index contributed by atoms with van der Waals surface area (Å²) in [5.41, 5.74) is 8.03. The molecule has 2 N–H and O–H groups in total. The Balaban J connectivity index is 1.58. The Morgan fingerprint density at radius 2 is 1.88 bits per heavy atom. The Bertz CT molecular complexity index is 1170. The van der Waals surface area contributed by atoms with Gasteiger partial charge in [-0.15, -0.1) is 0 Å². The molecule has 0 spiro atoms. The highest BCUT2D eigenvalue weighted by Gasteiger charge is 2.20. The number of aromatic nitrogens is 2. The molecule has 1 amide bonds. The molecule has 168 valence electrons. The van der Waals surface area contributed by atoms with Crippen molar-refractivity contribution in [2.45, 2.75) is 46.0 Å². The summed E-state index contributed by atoms with van der Waals surface area (Å²) < 4.78 is 15.3. The fraction of sp³-hybridized carbons (Fsp3) is 0.375. The second-order valence-electron chi connectivity index (χ2n) is 8.10. The molecule has 8 heteroatoms. The van der Waals surface area contributed by atoms with Gasteiger partial charge in [0.15, 0.2) is 6.79 Å². The number of hydrogen-bond donors (Lipinski definition) is 2. The molecule has 0 radical (unpaired) electrons. The Kier molecular flexibility index (Phi) is 6.41. The van der Waals surface area contributed by atoms with Crippen LogP contribution in [-0.4, -0.2) is 30.0 Å². The molecule has 0 fully saturated rings. The standard InChI is InChI=1S/C24H27N3O5/c1-14-10-17(25-23(28)22-26-24(29)32-27-22)11-15(2)20(14)12-16-8-9-21(31-13-30-3)19-7-5-4-6-18(16)19/h8-11H,4-7,12-13H2,1-3H3,(H,25,28)(H,26,27,29). The molecule has 3 aromatic rings. The number of aromatic amines is 1. The Hall–Kier alpha value is -3.39. The molecule has 0 saturated carbocycles. The lowest BCUT2D eigenvalue weighted by molar-refractivity contribution is 0.0502. The van der Waals surface area contributed by atoms with Gasteiger partial charge in [0.1, 0.15) is 5.75 Å². The topological polar surface area (TPSA) is 106 Å². The van der Waals surface area contributed by atoms with Crippen LogP contribution in [-0.2, 0) is 24.0 Å². The number of rotatable bonds is 7. The van der Waals surface area contributed by atoms with E-state index >= 15 is 0 Å². The van der Waals surface area contributed by atoms with Gasteiger partial charge in [-0.2, -0.15) is 0 Å². The average Bonchev–Trinajstić information content (AvgIpc) is 3.22. The molecule has 4 rings (SSSR count). The van der Waals surface area contributed by atoms with Crippen molar-refractivity contribution >= 4 is 11.6 Å². The van der Waals surface area contributed by atoms with Gasteiger partial charge in [0.25, 0.3) is 5.91 Å². The van der Waals surface area contributed by atoms with Crippen LogP contribution in [0.15, 0.2) is 33.6 Å². The number of amides is 1. The van der Waals surface area contributed by atoms with Crippen LogP contribution in [0.2, 0.25) is 0 Å². The molecule has 2 aromatic carbocycles. The van der Waals surface area contributed by atoms with Crippen LogP contribution in [0.5, 0.6) is 5.75 Å². The van der Waals surface area contributed by atoms with Crippen LogP contribution in [0.1, 0.15) is 56.8 Å². The van der Waals surface area contributed by atoms with E-state index in [-0.39, 0.29) is 12.6 Å². The van der Waals surface area contributed by atoms with Crippen LogP contribution >= 0.6 is 0 Å². The summed E-state index contributed by atoms with van der Waals surface area (Å²) in [6, 6.07) is 8.07. The van der Waals surface area contributed by atoms with Crippen LogP contribution in [0.4, 0.5) is 5.69 Å². The minimum absolute atomic E-state index is 0.156. The highest BCUT2D eigenvalue weighted by atomic mass is 16.7. The lowest BCUT2D eigenvalue weighted by atomic mass is 9.84. The second kappa shape index (κ2) is 9.40. The first kappa shape index (κ1) is 21.8. The largest absolute Gasteiger partial charge is 0.467 e. The van der Waals surface area contributed by atoms with E-state index in [9.17, 15) is 9.59 Å². The van der Waals surface area contributed by atoms with Crippen molar-refractivity contribution in [3.63, 3.8) is 0 Å². The number of anilines is 1. The van der Waals surface area contributed by atoms with Crippen LogP contribution in [0.25, 0.3) is 0 Å². The first-order valence-corrected chi connectivity index (χ1v) is 10.7. The molecule has 1 aliphatic carbocycles. The van der Waals surface area contributed by atoms with E-state index in [1.54, 1.807) is 7.11 Å². The van der Waals surface area contributed by atoms with Gasteiger partial charge >= 0.3 is 5.76 Å². The highest BCUT2D eigenvalue weighted by Crippen LogP contribution is 2.34. The number of methoxy groups -OCH3 is 1. The van der Waals surface area contributed by atoms with Crippen molar-refractivity contribution in [3.8, 4) is 5.75 Å². The van der Waals surface area contributed by atoms with Crippen LogP contribution in [0.3, 0.4) is 0 Å². The maximum absolute atomic E-state index is 12.3. The van der Waals surface area contributed by atoms with Crippen molar-refractivity contribution in [3.05, 3.63) is 74.0 Å². The third-order valence-electron chi connectivity index (χ3n) is 5.90. The predicted molar refractivity (Wildman–Crippen MR) is 119 cm³/mol. The summed E-state index contributed by atoms with van der Waals surface area (Å²) in [5, 5.41) is 6.18. The molecular weight excluding hydrogens is 410 g/mol. The van der Waals surface area contributed by atoms with Crippen molar-refractivity contribution < 1.29 is 18.8 Å². The average molecular weight is 437 g/mol. The fourth-order valence-electron chi connectivity index (χ4n) is 4.39. The molecule has 0 aliphatic heterocycles. The van der Waals surface area contributed by atoms with Gasteiger partial charge in [-0.1, -0.05) is 6.07 Å². The third kappa shape index (κ3) is 4.60. The number of carbonyl (C=O) groups excluding carboxylic acids is 1. The molecule has 1 heterocycles. The van der Waals surface area contributed by atoms with Crippen molar-refractivity contribution in [2.75, 3.05) is 19.2 Å². The van der Waals surface area contributed by atoms with Crippen LogP contribution < -0.4 is 15.8 Å². The molecule has 0 unspecified atom stereocenters. The minimum Gasteiger partial charge on any atom is -0.467 e. The van der Waals surface area contributed by atoms with E-state index in [2.05, 4.69) is 32.1 Å². The minimum atomic E-state index is -0.764. The molecule has 0 atom stereocenters. The highest BCUT2D eigenvalue weighted by molar-refractivity contribution is 6.01. The molecular formula is C24H27N3O5. The summed E-state index contributed by atoms with van der Waals surface area (Å²) in [4.78, 5) is 25.6. The number of hydrogen-bond acceptors (Lipinski definition) is 6. The normalized spacial score (nSPS) is 13.0. The molecule has 8 nitrogen and oxygen atoms in total. The second-order valence-corrected chi connectivity index (χ2v) is 8.10. The maximum Gasteiger partial charge on any atom is 0.439 e. The van der Waals surface area contributed by atoms with Gasteiger partial charge in [-0.25, -0.2) is 4.79 Å². The first-order valence-electron chi connectivity index (χ1n) is 10.7. The summed E-state index contributed by atoms with van der Waals surface area (Å²) in [5.74, 6) is -0.526. The monoisotopic (exact) mass is 437 g/mol. The Morgan fingerprint density at radius 1 is 1.16 bits per heavy atom. The maximum atomic E-state index is 12.3. The number of ether oxygens (including phenoxy) is 2. The zero-order valence-electron chi connectivity index (χ0n) is 18.5. The van der Waals surface area contributed by atoms with E-state index in [4.69, 9.17) is 9.47 Å². The summed E-state index contributed by atoms with van der Waals surface area (Å²) in [6.07, 6.45) is 5.24. The van der Waals surface area contributed by atoms with E-state index in [0.717, 1.165) is 36.1 Å². The SMILES string of the molecule is COCOc1ccc(Cc2c(C)cc(NC(=O)c3noc(=O)[nH]3)cc2C)c2c1CCCC2. The van der Waals surface area contributed by atoms with Gasteiger partial charge in [-0.3, -0.25) is 14.3 Å². The number of H-pyrrole nitrogens is 1. The number of aryl methyl sites for hydroxylation is 2. The number of carbonyl (C=O) groups is 1. The van der Waals surface area contributed by atoms with Crippen molar-refractivity contribution in [1.82, 2.24) is 10.1 Å². The first-order chi connectivity index (χ1) is 15.5. The Labute approximate surface area is 185 Å². The Morgan fingerprint density at radius 3 is 2.53 bits per heavy atom. The quantitative estimate of drug-likeness (QED) is 0.546. The van der Waals surface area contributed by atoms with Crippen LogP contribution in [0, 0.1) is 13.8 Å². The van der Waals surface area contributed by atoms with Crippen molar-refractivity contribution in [1.29, 1.82) is 0 Å². The molecule has 1 aliphatic rings. The van der Waals surface area contributed by atoms with Gasteiger partial charge in [0.05, 0.1) is 0 Å². The lowest BCUT2D eigenvalue weighted by Gasteiger charge is -2.23. The third-order valence-corrected chi connectivity index (χ3v) is 5.90. The van der Waals surface area contributed by atoms with E-state index < -0.39 is 11.7 Å². The molecule has 32 heavy (non-hydrogen) atoms. The number of fused-ring (bicyclic) bond motifs is 1. The molecule has 0 bridgehead atoms. The van der Waals surface area contributed by atoms with Gasteiger partial charge in [-0.05, 0) is 103 Å². The van der Waals surface area contributed by atoms with E-state index in [1.165, 1.54) is 35.1 Å². The summed E-state index contributed by atoms with van der Waals surface area (Å²) in [7, 11) is 1.63. The number of nitrogens with zero attached hydrogens (tertiary/aromatic N) is 1. The van der Waals surface area contributed by atoms with E-state index in [1.807, 2.05) is 26.0 Å². The summed E-state index contributed by atoms with van der Waals surface area (Å²) in [6.45, 7) is 4.33.